The maximum absolute atomic E-state index is 12.2. The van der Waals surface area contributed by atoms with Crippen LogP contribution in [0.2, 0.25) is 0 Å². The number of ether oxygens (including phenoxy) is 2. The first kappa shape index (κ1) is 16.2. The van der Waals surface area contributed by atoms with Crippen LogP contribution in [0.4, 0.5) is 0 Å². The molecule has 1 aromatic heterocycles. The first-order valence-corrected chi connectivity index (χ1v) is 9.12. The molecule has 0 radical (unpaired) electrons. The molecule has 1 saturated heterocycles. The highest BCUT2D eigenvalue weighted by molar-refractivity contribution is 7.91. The third kappa shape index (κ3) is 5.63. The molecule has 0 atom stereocenters. The van der Waals surface area contributed by atoms with Gasteiger partial charge < -0.3 is 9.47 Å². The minimum absolute atomic E-state index is 0.138. The summed E-state index contributed by atoms with van der Waals surface area (Å²) in [6, 6.07) is 3.60. The molecule has 0 bridgehead atoms. The average molecular weight is 313 g/mol. The maximum atomic E-state index is 12.2. The van der Waals surface area contributed by atoms with E-state index in [1.54, 1.807) is 18.5 Å². The van der Waals surface area contributed by atoms with Gasteiger partial charge in [0.15, 0.2) is 9.84 Å². The Morgan fingerprint density at radius 3 is 2.81 bits per heavy atom. The summed E-state index contributed by atoms with van der Waals surface area (Å²) < 4.78 is 35.2. The Morgan fingerprint density at radius 1 is 1.38 bits per heavy atom. The fourth-order valence-electron chi connectivity index (χ4n) is 2.51. The summed E-state index contributed by atoms with van der Waals surface area (Å²) >= 11 is 0. The third-order valence-electron chi connectivity index (χ3n) is 3.77. The topological polar surface area (TPSA) is 65.5 Å². The van der Waals surface area contributed by atoms with Crippen molar-refractivity contribution in [2.75, 3.05) is 31.3 Å². The summed E-state index contributed by atoms with van der Waals surface area (Å²) in [5.74, 6) is 1.09. The van der Waals surface area contributed by atoms with Gasteiger partial charge in [-0.05, 0) is 36.8 Å². The number of pyridine rings is 1. The van der Waals surface area contributed by atoms with Crippen molar-refractivity contribution in [1.29, 1.82) is 0 Å². The number of aromatic nitrogens is 1. The number of rotatable bonds is 7. The van der Waals surface area contributed by atoms with E-state index < -0.39 is 9.84 Å². The van der Waals surface area contributed by atoms with Crippen LogP contribution in [-0.2, 0) is 14.6 Å². The largest absolute Gasteiger partial charge is 0.492 e. The molecule has 2 heterocycles. The van der Waals surface area contributed by atoms with E-state index in [0.29, 0.717) is 32.0 Å². The molecule has 1 aliphatic heterocycles. The van der Waals surface area contributed by atoms with Gasteiger partial charge in [0, 0.05) is 19.4 Å². The SMILES string of the molecule is CC1(CS(=O)(=O)CCCOc2cccnc2)CCOCC1. The average Bonchev–Trinajstić information content (AvgIpc) is 2.44. The molecule has 0 aliphatic carbocycles. The van der Waals surface area contributed by atoms with Gasteiger partial charge in [0.2, 0.25) is 0 Å². The van der Waals surface area contributed by atoms with Crippen LogP contribution in [0.25, 0.3) is 0 Å². The standard InChI is InChI=1S/C15H23NO4S/c1-15(5-9-19-10-6-15)13-21(17,18)11-3-8-20-14-4-2-7-16-12-14/h2,4,7,12H,3,5-6,8-11,13H2,1H3. The Labute approximate surface area is 126 Å². The molecule has 5 nitrogen and oxygen atoms in total. The molecule has 0 N–H and O–H groups in total. The van der Waals surface area contributed by atoms with E-state index in [1.165, 1.54) is 0 Å². The molecule has 2 rings (SSSR count). The Bertz CT molecular complexity index is 524. The quantitative estimate of drug-likeness (QED) is 0.721. The maximum Gasteiger partial charge on any atom is 0.150 e. The zero-order chi connectivity index (χ0) is 15.2. The van der Waals surface area contributed by atoms with Gasteiger partial charge >= 0.3 is 0 Å². The molecule has 0 saturated carbocycles. The van der Waals surface area contributed by atoms with Crippen LogP contribution in [0, 0.1) is 5.41 Å². The smallest absolute Gasteiger partial charge is 0.150 e. The predicted molar refractivity (Wildman–Crippen MR) is 81.2 cm³/mol. The fraction of sp³-hybridized carbons (Fsp3) is 0.667. The zero-order valence-electron chi connectivity index (χ0n) is 12.5. The van der Waals surface area contributed by atoms with Gasteiger partial charge in [-0.25, -0.2) is 8.42 Å². The lowest BCUT2D eigenvalue weighted by Gasteiger charge is -2.33. The first-order chi connectivity index (χ1) is 9.99. The minimum Gasteiger partial charge on any atom is -0.492 e. The Balaban J connectivity index is 1.73. The fourth-order valence-corrected chi connectivity index (χ4v) is 4.57. The summed E-state index contributed by atoms with van der Waals surface area (Å²) in [6.45, 7) is 3.76. The lowest BCUT2D eigenvalue weighted by molar-refractivity contribution is 0.0341. The van der Waals surface area contributed by atoms with E-state index in [9.17, 15) is 8.42 Å². The van der Waals surface area contributed by atoms with Crippen LogP contribution in [0.3, 0.4) is 0 Å². The number of hydrogen-bond donors (Lipinski definition) is 0. The second kappa shape index (κ2) is 7.22. The van der Waals surface area contributed by atoms with Crippen molar-refractivity contribution >= 4 is 9.84 Å². The van der Waals surface area contributed by atoms with E-state index in [1.807, 2.05) is 13.0 Å². The van der Waals surface area contributed by atoms with Crippen LogP contribution in [-0.4, -0.2) is 44.7 Å². The van der Waals surface area contributed by atoms with Crippen molar-refractivity contribution < 1.29 is 17.9 Å². The van der Waals surface area contributed by atoms with E-state index in [2.05, 4.69) is 4.98 Å². The summed E-state index contributed by atoms with van der Waals surface area (Å²) in [6.07, 6.45) is 5.43. The van der Waals surface area contributed by atoms with Crippen LogP contribution in [0.1, 0.15) is 26.2 Å². The van der Waals surface area contributed by atoms with Crippen LogP contribution >= 0.6 is 0 Å². The van der Waals surface area contributed by atoms with E-state index in [0.717, 1.165) is 12.8 Å². The third-order valence-corrected chi connectivity index (χ3v) is 5.82. The first-order valence-electron chi connectivity index (χ1n) is 7.30. The summed E-state index contributed by atoms with van der Waals surface area (Å²) in [5, 5.41) is 0. The highest BCUT2D eigenvalue weighted by Gasteiger charge is 2.32. The number of hydrogen-bond acceptors (Lipinski definition) is 5. The molecule has 0 aromatic carbocycles. The number of nitrogens with zero attached hydrogens (tertiary/aromatic N) is 1. The highest BCUT2D eigenvalue weighted by Crippen LogP contribution is 2.31. The van der Waals surface area contributed by atoms with Gasteiger partial charge in [0.05, 0.1) is 24.3 Å². The van der Waals surface area contributed by atoms with Crippen LogP contribution in [0.5, 0.6) is 5.75 Å². The summed E-state index contributed by atoms with van der Waals surface area (Å²) in [7, 11) is -3.05. The summed E-state index contributed by atoms with van der Waals surface area (Å²) in [4.78, 5) is 3.94. The van der Waals surface area contributed by atoms with Gasteiger partial charge in [-0.3, -0.25) is 4.98 Å². The second-order valence-electron chi connectivity index (χ2n) is 5.91. The van der Waals surface area contributed by atoms with E-state index >= 15 is 0 Å². The highest BCUT2D eigenvalue weighted by atomic mass is 32.2. The van der Waals surface area contributed by atoms with Gasteiger partial charge in [-0.2, -0.15) is 0 Å². The second-order valence-corrected chi connectivity index (χ2v) is 8.09. The van der Waals surface area contributed by atoms with Crippen molar-refractivity contribution in [3.63, 3.8) is 0 Å². The molecule has 0 unspecified atom stereocenters. The molecule has 6 heteroatoms. The predicted octanol–water partition coefficient (Wildman–Crippen LogP) is 2.08. The van der Waals surface area contributed by atoms with Crippen molar-refractivity contribution in [2.45, 2.75) is 26.2 Å². The molecule has 1 aromatic rings. The molecule has 0 amide bonds. The minimum atomic E-state index is -3.05. The van der Waals surface area contributed by atoms with Crippen LogP contribution in [0.15, 0.2) is 24.5 Å². The summed E-state index contributed by atoms with van der Waals surface area (Å²) in [5.41, 5.74) is -0.138. The van der Waals surface area contributed by atoms with Crippen molar-refractivity contribution in [3.05, 3.63) is 24.5 Å². The number of sulfone groups is 1. The van der Waals surface area contributed by atoms with Gasteiger partial charge in [0.25, 0.3) is 0 Å². The molecule has 1 aliphatic rings. The van der Waals surface area contributed by atoms with E-state index in [4.69, 9.17) is 9.47 Å². The Hall–Kier alpha value is -1.14. The van der Waals surface area contributed by atoms with Crippen LogP contribution < -0.4 is 4.74 Å². The molecule has 0 spiro atoms. The van der Waals surface area contributed by atoms with Gasteiger partial charge in [-0.1, -0.05) is 6.92 Å². The normalized spacial score (nSPS) is 18.3. The lowest BCUT2D eigenvalue weighted by atomic mass is 9.85. The molecular weight excluding hydrogens is 290 g/mol. The van der Waals surface area contributed by atoms with Crippen molar-refractivity contribution in [1.82, 2.24) is 4.98 Å². The lowest BCUT2D eigenvalue weighted by Crippen LogP contribution is -2.34. The monoisotopic (exact) mass is 313 g/mol. The van der Waals surface area contributed by atoms with Gasteiger partial charge in [0.1, 0.15) is 5.75 Å². The van der Waals surface area contributed by atoms with Crippen molar-refractivity contribution in [2.24, 2.45) is 5.41 Å². The molecule has 1 fully saturated rings. The molecule has 21 heavy (non-hydrogen) atoms. The Kier molecular flexibility index (Phi) is 5.58. The molecule has 118 valence electrons. The molecular formula is C15H23NO4S. The Morgan fingerprint density at radius 2 is 2.14 bits per heavy atom. The van der Waals surface area contributed by atoms with Crippen molar-refractivity contribution in [3.8, 4) is 5.75 Å². The van der Waals surface area contributed by atoms with Gasteiger partial charge in [-0.15, -0.1) is 0 Å². The van der Waals surface area contributed by atoms with E-state index in [-0.39, 0.29) is 16.9 Å². The zero-order valence-corrected chi connectivity index (χ0v) is 13.3.